The first kappa shape index (κ1) is 35.5. The molecule has 218 valence electrons. The number of phosphoric acid groups is 1. The fraction of sp³-hybridized carbons (Fsp3) is 0.880. The summed E-state index contributed by atoms with van der Waals surface area (Å²) in [5.74, 6) is -2.40. The highest BCUT2D eigenvalue weighted by Crippen LogP contribution is 2.43. The Kier molecular flexibility index (Phi) is 21.5. The topological polar surface area (TPSA) is 172 Å². The van der Waals surface area contributed by atoms with Crippen LogP contribution >= 0.6 is 7.82 Å². The molecule has 0 aliphatic carbocycles. The summed E-state index contributed by atoms with van der Waals surface area (Å²) in [6.07, 6.45) is 12.8. The van der Waals surface area contributed by atoms with E-state index in [0.717, 1.165) is 38.5 Å². The SMILES string of the molecule is CCCCCCCCCCCC(=O)OC[C@H](COP(=O)(O)OC[C@H](N)C(=O)O)OC(=O)CCCCCC. The van der Waals surface area contributed by atoms with Crippen molar-refractivity contribution in [1.29, 1.82) is 0 Å². The Bertz CT molecular complexity index is 676. The average molecular weight is 554 g/mol. The zero-order chi connectivity index (χ0) is 27.9. The van der Waals surface area contributed by atoms with Crippen molar-refractivity contribution < 1.29 is 47.5 Å². The smallest absolute Gasteiger partial charge is 0.472 e. The maximum absolute atomic E-state index is 12.2. The summed E-state index contributed by atoms with van der Waals surface area (Å²) in [7, 11) is -4.67. The van der Waals surface area contributed by atoms with Gasteiger partial charge in [-0.3, -0.25) is 23.4 Å². The van der Waals surface area contributed by atoms with Crippen LogP contribution in [-0.4, -0.2) is 59.9 Å². The van der Waals surface area contributed by atoms with Gasteiger partial charge in [0.15, 0.2) is 6.10 Å². The molecule has 0 heterocycles. The van der Waals surface area contributed by atoms with Crippen LogP contribution in [0.15, 0.2) is 0 Å². The molecule has 11 nitrogen and oxygen atoms in total. The Hall–Kier alpha value is -1.52. The molecular formula is C25H48NO10P. The van der Waals surface area contributed by atoms with E-state index in [1.54, 1.807) is 0 Å². The molecule has 0 amide bonds. The molecule has 0 saturated heterocycles. The van der Waals surface area contributed by atoms with Gasteiger partial charge in [-0.25, -0.2) is 4.57 Å². The molecule has 0 saturated carbocycles. The number of hydrogen-bond donors (Lipinski definition) is 3. The predicted molar refractivity (Wildman–Crippen MR) is 139 cm³/mol. The van der Waals surface area contributed by atoms with Crippen molar-refractivity contribution in [3.63, 3.8) is 0 Å². The Balaban J connectivity index is 4.52. The van der Waals surface area contributed by atoms with Gasteiger partial charge in [-0.15, -0.1) is 0 Å². The molecule has 0 spiro atoms. The van der Waals surface area contributed by atoms with Crippen LogP contribution in [0, 0.1) is 0 Å². The van der Waals surface area contributed by atoms with E-state index >= 15 is 0 Å². The lowest BCUT2D eigenvalue weighted by Crippen LogP contribution is -2.34. The third kappa shape index (κ3) is 22.2. The number of rotatable bonds is 25. The molecule has 0 rings (SSSR count). The fourth-order valence-electron chi connectivity index (χ4n) is 3.36. The minimum absolute atomic E-state index is 0.156. The van der Waals surface area contributed by atoms with Gasteiger partial charge in [0.1, 0.15) is 12.6 Å². The third-order valence-corrected chi connectivity index (χ3v) is 6.56. The van der Waals surface area contributed by atoms with E-state index in [9.17, 15) is 23.8 Å². The number of esters is 2. The molecular weight excluding hydrogens is 505 g/mol. The second-order valence-corrected chi connectivity index (χ2v) is 10.6. The number of aliphatic carboxylic acids is 1. The van der Waals surface area contributed by atoms with E-state index in [2.05, 4.69) is 11.4 Å². The lowest BCUT2D eigenvalue weighted by molar-refractivity contribution is -0.161. The predicted octanol–water partition coefficient (Wildman–Crippen LogP) is 4.88. The van der Waals surface area contributed by atoms with Crippen molar-refractivity contribution in [3.05, 3.63) is 0 Å². The lowest BCUT2D eigenvalue weighted by Gasteiger charge is -2.20. The molecule has 12 heteroatoms. The molecule has 0 radical (unpaired) electrons. The minimum Gasteiger partial charge on any atom is -0.480 e. The summed E-state index contributed by atoms with van der Waals surface area (Å²) >= 11 is 0. The molecule has 0 aliphatic heterocycles. The number of ether oxygens (including phenoxy) is 2. The van der Waals surface area contributed by atoms with Crippen molar-refractivity contribution in [2.24, 2.45) is 5.73 Å². The zero-order valence-corrected chi connectivity index (χ0v) is 23.5. The van der Waals surface area contributed by atoms with E-state index < -0.39 is 51.1 Å². The van der Waals surface area contributed by atoms with Crippen LogP contribution in [0.4, 0.5) is 0 Å². The highest BCUT2D eigenvalue weighted by atomic mass is 31.2. The van der Waals surface area contributed by atoms with Crippen molar-refractivity contribution in [2.75, 3.05) is 19.8 Å². The van der Waals surface area contributed by atoms with E-state index in [1.807, 2.05) is 6.92 Å². The summed E-state index contributed by atoms with van der Waals surface area (Å²) in [6, 6.07) is -1.51. The first-order valence-corrected chi connectivity index (χ1v) is 15.1. The van der Waals surface area contributed by atoms with Crippen LogP contribution < -0.4 is 5.73 Å². The number of unbranched alkanes of at least 4 members (excludes halogenated alkanes) is 11. The largest absolute Gasteiger partial charge is 0.480 e. The van der Waals surface area contributed by atoms with Crippen molar-refractivity contribution in [2.45, 2.75) is 122 Å². The first-order chi connectivity index (χ1) is 17.6. The average Bonchev–Trinajstić information content (AvgIpc) is 2.85. The van der Waals surface area contributed by atoms with Gasteiger partial charge in [0.25, 0.3) is 0 Å². The van der Waals surface area contributed by atoms with Crippen LogP contribution in [0.3, 0.4) is 0 Å². The maximum atomic E-state index is 12.2. The molecule has 0 aromatic heterocycles. The fourth-order valence-corrected chi connectivity index (χ4v) is 4.13. The maximum Gasteiger partial charge on any atom is 0.472 e. The van der Waals surface area contributed by atoms with Crippen LogP contribution in [-0.2, 0) is 37.5 Å². The molecule has 0 aromatic carbocycles. The Labute approximate surface area is 221 Å². The monoisotopic (exact) mass is 553 g/mol. The van der Waals surface area contributed by atoms with Gasteiger partial charge in [-0.1, -0.05) is 84.5 Å². The molecule has 0 fully saturated rings. The summed E-state index contributed by atoms with van der Waals surface area (Å²) in [4.78, 5) is 44.8. The highest BCUT2D eigenvalue weighted by molar-refractivity contribution is 7.47. The summed E-state index contributed by atoms with van der Waals surface area (Å²) in [6.45, 7) is 2.56. The van der Waals surface area contributed by atoms with Crippen LogP contribution in [0.5, 0.6) is 0 Å². The van der Waals surface area contributed by atoms with Gasteiger partial charge in [-0.05, 0) is 12.8 Å². The van der Waals surface area contributed by atoms with E-state index in [0.29, 0.717) is 12.8 Å². The summed E-state index contributed by atoms with van der Waals surface area (Å²) < 4.78 is 31.9. The summed E-state index contributed by atoms with van der Waals surface area (Å²) in [5, 5.41) is 8.74. The van der Waals surface area contributed by atoms with Gasteiger partial charge in [-0.2, -0.15) is 0 Å². The van der Waals surface area contributed by atoms with Crippen LogP contribution in [0.1, 0.15) is 110 Å². The number of hydrogen-bond acceptors (Lipinski definition) is 9. The normalized spacial score (nSPS) is 14.5. The molecule has 37 heavy (non-hydrogen) atoms. The Morgan fingerprint density at radius 2 is 1.19 bits per heavy atom. The van der Waals surface area contributed by atoms with Gasteiger partial charge in [0.2, 0.25) is 0 Å². The second kappa shape index (κ2) is 22.5. The summed E-state index contributed by atoms with van der Waals surface area (Å²) in [5.41, 5.74) is 5.25. The van der Waals surface area contributed by atoms with Crippen molar-refractivity contribution in [3.8, 4) is 0 Å². The molecule has 1 unspecified atom stereocenters. The van der Waals surface area contributed by atoms with Crippen LogP contribution in [0.25, 0.3) is 0 Å². The van der Waals surface area contributed by atoms with Crippen LogP contribution in [0.2, 0.25) is 0 Å². The van der Waals surface area contributed by atoms with E-state index in [1.165, 1.54) is 32.1 Å². The van der Waals surface area contributed by atoms with E-state index in [4.69, 9.17) is 24.8 Å². The zero-order valence-electron chi connectivity index (χ0n) is 22.6. The third-order valence-electron chi connectivity index (χ3n) is 5.61. The van der Waals surface area contributed by atoms with Crippen molar-refractivity contribution >= 4 is 25.7 Å². The minimum atomic E-state index is -4.67. The molecule has 0 aromatic rings. The number of carboxylic acid groups (broad SMARTS) is 1. The van der Waals surface area contributed by atoms with Crippen molar-refractivity contribution in [1.82, 2.24) is 0 Å². The number of phosphoric ester groups is 1. The van der Waals surface area contributed by atoms with E-state index in [-0.39, 0.29) is 19.4 Å². The highest BCUT2D eigenvalue weighted by Gasteiger charge is 2.28. The standard InChI is InChI=1S/C25H48NO10P/c1-3-5-7-9-10-11-12-13-15-16-23(27)33-18-21(36-24(28)17-14-8-6-4-2)19-34-37(31,32)35-20-22(26)25(29)30/h21-22H,3-20,26H2,1-2H3,(H,29,30)(H,31,32)/t21-,22+/m1/s1. The number of carbonyl (C=O) groups excluding carboxylic acids is 2. The molecule has 3 atom stereocenters. The molecule has 0 aliphatic rings. The number of nitrogens with two attached hydrogens (primary N) is 1. The molecule has 4 N–H and O–H groups in total. The van der Waals surface area contributed by atoms with Gasteiger partial charge < -0.3 is 25.2 Å². The van der Waals surface area contributed by atoms with Gasteiger partial charge in [0.05, 0.1) is 13.2 Å². The number of carboxylic acids is 1. The van der Waals surface area contributed by atoms with Gasteiger partial charge in [0, 0.05) is 12.8 Å². The molecule has 0 bridgehead atoms. The second-order valence-electron chi connectivity index (χ2n) is 9.19. The first-order valence-electron chi connectivity index (χ1n) is 13.6. The Morgan fingerprint density at radius 1 is 0.730 bits per heavy atom. The number of carbonyl (C=O) groups is 3. The quantitative estimate of drug-likeness (QED) is 0.0799. The lowest BCUT2D eigenvalue weighted by atomic mass is 10.1. The Morgan fingerprint density at radius 3 is 1.73 bits per heavy atom. The van der Waals surface area contributed by atoms with Gasteiger partial charge >= 0.3 is 25.7 Å².